The molecule has 0 aromatic rings. The molecule has 0 amide bonds. The predicted octanol–water partition coefficient (Wildman–Crippen LogP) is 2.01. The fraction of sp³-hybridized carbons (Fsp3) is 0.286. The Bertz CT molecular complexity index is 130. The summed E-state index contributed by atoms with van der Waals surface area (Å²) in [6.07, 6.45) is 8.09. The third-order valence-corrected chi connectivity index (χ3v) is 3.68. The van der Waals surface area contributed by atoms with E-state index in [1.165, 1.54) is 6.42 Å². The molecule has 8 heavy (non-hydrogen) atoms. The zero-order chi connectivity index (χ0) is 5.40. The summed E-state index contributed by atoms with van der Waals surface area (Å²) in [5.74, 6) is 0. The summed E-state index contributed by atoms with van der Waals surface area (Å²) in [7, 11) is 0.190. The van der Waals surface area contributed by atoms with E-state index in [0.717, 1.165) is 5.25 Å². The highest BCUT2D eigenvalue weighted by Gasteiger charge is 2.26. The molecule has 0 saturated heterocycles. The van der Waals surface area contributed by atoms with Crippen molar-refractivity contribution in [3.8, 4) is 0 Å². The van der Waals surface area contributed by atoms with Crippen LogP contribution >= 0.6 is 10.9 Å². The number of rotatable bonds is 1. The lowest BCUT2D eigenvalue weighted by molar-refractivity contribution is 1.52. The second kappa shape index (κ2) is 1.66. The van der Waals surface area contributed by atoms with Gasteiger partial charge in [0.2, 0.25) is 0 Å². The van der Waals surface area contributed by atoms with Gasteiger partial charge in [-0.1, -0.05) is 12.2 Å². The molecule has 0 nitrogen and oxygen atoms in total. The van der Waals surface area contributed by atoms with Crippen molar-refractivity contribution in [2.75, 3.05) is 0 Å². The minimum absolute atomic E-state index is 0.190. The van der Waals surface area contributed by atoms with E-state index in [2.05, 4.69) is 29.4 Å². The summed E-state index contributed by atoms with van der Waals surface area (Å²) in [5, 5.41) is 5.63. The Morgan fingerprint density at radius 2 is 1.88 bits per heavy atom. The monoisotopic (exact) mass is 125 g/mol. The highest BCUT2D eigenvalue weighted by Crippen LogP contribution is 2.49. The van der Waals surface area contributed by atoms with Crippen LogP contribution in [0, 0.1) is 6.42 Å². The van der Waals surface area contributed by atoms with Crippen molar-refractivity contribution in [1.82, 2.24) is 0 Å². The van der Waals surface area contributed by atoms with Crippen molar-refractivity contribution in [2.24, 2.45) is 0 Å². The molecule has 1 unspecified atom stereocenters. The first-order valence-electron chi connectivity index (χ1n) is 2.92. The zero-order valence-corrected chi connectivity index (χ0v) is 5.51. The Balaban J connectivity index is 2.06. The van der Waals surface area contributed by atoms with Gasteiger partial charge in [0.25, 0.3) is 0 Å². The second-order valence-electron chi connectivity index (χ2n) is 2.17. The molecule has 43 valence electrons. The highest BCUT2D eigenvalue weighted by molar-refractivity contribution is 8.23. The first-order chi connectivity index (χ1) is 3.97. The van der Waals surface area contributed by atoms with E-state index in [1.807, 2.05) is 0 Å². The van der Waals surface area contributed by atoms with E-state index in [0.29, 0.717) is 0 Å². The molecular weight excluding hydrogens is 116 g/mol. The normalized spacial score (nSPS) is 29.8. The van der Waals surface area contributed by atoms with Gasteiger partial charge in [-0.25, -0.2) is 10.9 Å². The molecule has 0 spiro atoms. The third-order valence-electron chi connectivity index (χ3n) is 1.46. The van der Waals surface area contributed by atoms with Gasteiger partial charge in [0, 0.05) is 0 Å². The minimum Gasteiger partial charge on any atom is -0.210 e. The molecule has 1 saturated carbocycles. The molecule has 2 rings (SSSR count). The topological polar surface area (TPSA) is 0 Å². The van der Waals surface area contributed by atoms with Crippen molar-refractivity contribution < 1.29 is 0 Å². The van der Waals surface area contributed by atoms with Crippen LogP contribution in [0.3, 0.4) is 0 Å². The lowest BCUT2D eigenvalue weighted by atomic mass is 10.6. The first-order valence-corrected chi connectivity index (χ1v) is 4.47. The molecule has 1 heterocycles. The molecule has 2 aliphatic rings. The van der Waals surface area contributed by atoms with E-state index in [9.17, 15) is 0 Å². The average molecular weight is 125 g/mol. The van der Waals surface area contributed by atoms with Crippen LogP contribution in [0.2, 0.25) is 0 Å². The fourth-order valence-electron chi connectivity index (χ4n) is 0.873. The molecule has 1 atom stereocenters. The predicted molar refractivity (Wildman–Crippen MR) is 40.0 cm³/mol. The molecule has 1 aliphatic heterocycles. The fourth-order valence-corrected chi connectivity index (χ4v) is 2.62. The van der Waals surface area contributed by atoms with E-state index >= 15 is 0 Å². The molecule has 1 heteroatoms. The Morgan fingerprint density at radius 3 is 2.38 bits per heavy atom. The third kappa shape index (κ3) is 0.711. The molecule has 0 aromatic carbocycles. The SMILES string of the molecule is [CH]1CC1[SH]1C=CC=C1. The summed E-state index contributed by atoms with van der Waals surface area (Å²) < 4.78 is 0. The van der Waals surface area contributed by atoms with Crippen LogP contribution in [0.25, 0.3) is 0 Å². The summed E-state index contributed by atoms with van der Waals surface area (Å²) >= 11 is 0. The first kappa shape index (κ1) is 4.68. The van der Waals surface area contributed by atoms with Crippen molar-refractivity contribution in [2.45, 2.75) is 11.7 Å². The van der Waals surface area contributed by atoms with Gasteiger partial charge in [0.1, 0.15) is 0 Å². The van der Waals surface area contributed by atoms with Crippen LogP contribution in [0.15, 0.2) is 23.0 Å². The summed E-state index contributed by atoms with van der Waals surface area (Å²) in [5.41, 5.74) is 0. The Morgan fingerprint density at radius 1 is 1.25 bits per heavy atom. The van der Waals surface area contributed by atoms with Gasteiger partial charge in [0.15, 0.2) is 0 Å². The van der Waals surface area contributed by atoms with Crippen molar-refractivity contribution >= 4 is 10.9 Å². The maximum atomic E-state index is 2.39. The molecule has 1 fully saturated rings. The van der Waals surface area contributed by atoms with Crippen molar-refractivity contribution in [1.29, 1.82) is 0 Å². The van der Waals surface area contributed by atoms with Gasteiger partial charge >= 0.3 is 0 Å². The highest BCUT2D eigenvalue weighted by atomic mass is 32.2. The van der Waals surface area contributed by atoms with Crippen LogP contribution in [0.1, 0.15) is 6.42 Å². The van der Waals surface area contributed by atoms with Gasteiger partial charge in [-0.2, -0.15) is 0 Å². The van der Waals surface area contributed by atoms with E-state index in [-0.39, 0.29) is 10.9 Å². The van der Waals surface area contributed by atoms with E-state index in [1.54, 1.807) is 0 Å². The van der Waals surface area contributed by atoms with E-state index in [4.69, 9.17) is 0 Å². The Kier molecular flexibility index (Phi) is 0.971. The van der Waals surface area contributed by atoms with Crippen LogP contribution in [0.5, 0.6) is 0 Å². The lowest BCUT2D eigenvalue weighted by Gasteiger charge is -2.04. The Labute approximate surface area is 52.6 Å². The van der Waals surface area contributed by atoms with Gasteiger partial charge in [-0.3, -0.25) is 0 Å². The summed E-state index contributed by atoms with van der Waals surface area (Å²) in [6, 6.07) is 0. The van der Waals surface area contributed by atoms with E-state index < -0.39 is 0 Å². The lowest BCUT2D eigenvalue weighted by Crippen LogP contribution is -1.73. The molecule has 1 aliphatic carbocycles. The van der Waals surface area contributed by atoms with Gasteiger partial charge in [-0.05, 0) is 28.9 Å². The smallest absolute Gasteiger partial charge is 0.00350 e. The van der Waals surface area contributed by atoms with Gasteiger partial charge in [0.05, 0.1) is 0 Å². The zero-order valence-electron chi connectivity index (χ0n) is 4.62. The standard InChI is InChI=1S/C7H9S/c1-2-6-8(5-1)7-3-4-7/h1-3,5-8H,4H2. The molecular formula is C7H9S. The maximum Gasteiger partial charge on any atom is -0.00350 e. The quantitative estimate of drug-likeness (QED) is 0.509. The summed E-state index contributed by atoms with van der Waals surface area (Å²) in [4.78, 5) is 0. The molecule has 1 radical (unpaired) electrons. The van der Waals surface area contributed by atoms with Crippen LogP contribution < -0.4 is 0 Å². The maximum absolute atomic E-state index is 2.39. The van der Waals surface area contributed by atoms with Crippen molar-refractivity contribution in [3.05, 3.63) is 29.4 Å². The summed E-state index contributed by atoms with van der Waals surface area (Å²) in [6.45, 7) is 0. The molecule has 0 N–H and O–H groups in total. The molecule has 0 bridgehead atoms. The molecule has 0 aromatic heterocycles. The minimum atomic E-state index is 0.190. The number of allylic oxidation sites excluding steroid dienone is 2. The van der Waals surface area contributed by atoms with Crippen LogP contribution in [-0.4, -0.2) is 5.25 Å². The number of hydrogen-bond acceptors (Lipinski definition) is 0. The second-order valence-corrected chi connectivity index (χ2v) is 4.32. The van der Waals surface area contributed by atoms with Crippen molar-refractivity contribution in [3.63, 3.8) is 0 Å². The van der Waals surface area contributed by atoms with Crippen LogP contribution in [-0.2, 0) is 0 Å². The average Bonchev–Trinajstić information content (AvgIpc) is 2.49. The van der Waals surface area contributed by atoms with Gasteiger partial charge in [-0.15, -0.1) is 0 Å². The largest absolute Gasteiger partial charge is 0.210 e. The Hall–Kier alpha value is -0.170. The number of thiol groups is 1. The number of hydrogen-bond donors (Lipinski definition) is 1. The van der Waals surface area contributed by atoms with Gasteiger partial charge < -0.3 is 0 Å². The van der Waals surface area contributed by atoms with Crippen LogP contribution in [0.4, 0.5) is 0 Å².